The summed E-state index contributed by atoms with van der Waals surface area (Å²) in [7, 11) is 0. The van der Waals surface area contributed by atoms with E-state index >= 15 is 0 Å². The number of rotatable bonds is 2. The second kappa shape index (κ2) is 6.41. The Morgan fingerprint density at radius 1 is 1.26 bits per heavy atom. The van der Waals surface area contributed by atoms with Gasteiger partial charge < -0.3 is 5.73 Å². The smallest absolute Gasteiger partial charge is 0.161 e. The number of pyridine rings is 2. The first kappa shape index (κ1) is 17.6. The van der Waals surface area contributed by atoms with E-state index in [0.29, 0.717) is 22.3 Å². The summed E-state index contributed by atoms with van der Waals surface area (Å²) in [6, 6.07) is 11.7. The molecule has 3 aromatic heterocycles. The van der Waals surface area contributed by atoms with Crippen LogP contribution < -0.4 is 5.73 Å². The van der Waals surface area contributed by atoms with E-state index in [1.54, 1.807) is 0 Å². The normalized spacial score (nSPS) is 11.0. The SMILES string of the molecule is CC(=O)c1cc2c(nc1C)sc1c(-c3ccc(Br)cc3)c(C#N)c(N)nc12. The van der Waals surface area contributed by atoms with Gasteiger partial charge in [-0.15, -0.1) is 11.3 Å². The zero-order chi connectivity index (χ0) is 19.3. The number of fused-ring (bicyclic) bond motifs is 3. The number of thiophene rings is 1. The molecule has 0 aliphatic heterocycles. The summed E-state index contributed by atoms with van der Waals surface area (Å²) in [5.41, 5.74) is 10.0. The molecule has 0 atom stereocenters. The highest BCUT2D eigenvalue weighted by Gasteiger charge is 2.21. The minimum atomic E-state index is -0.0454. The van der Waals surface area contributed by atoms with Gasteiger partial charge >= 0.3 is 0 Å². The van der Waals surface area contributed by atoms with Crippen LogP contribution >= 0.6 is 27.3 Å². The zero-order valence-electron chi connectivity index (χ0n) is 14.5. The van der Waals surface area contributed by atoms with E-state index in [1.165, 1.54) is 18.3 Å². The molecule has 1 aromatic carbocycles. The molecule has 0 aliphatic rings. The number of nitrogens with two attached hydrogens (primary N) is 1. The molecule has 27 heavy (non-hydrogen) atoms. The average molecular weight is 437 g/mol. The fourth-order valence-electron chi connectivity index (χ4n) is 3.16. The van der Waals surface area contributed by atoms with E-state index in [-0.39, 0.29) is 11.6 Å². The molecule has 132 valence electrons. The summed E-state index contributed by atoms with van der Waals surface area (Å²) >= 11 is 4.89. The van der Waals surface area contributed by atoms with Crippen molar-refractivity contribution in [3.8, 4) is 17.2 Å². The lowest BCUT2D eigenvalue weighted by Gasteiger charge is -2.08. The Kier molecular flexibility index (Phi) is 4.17. The van der Waals surface area contributed by atoms with Crippen molar-refractivity contribution in [2.45, 2.75) is 13.8 Å². The number of aromatic nitrogens is 2. The highest BCUT2D eigenvalue weighted by atomic mass is 79.9. The topological polar surface area (TPSA) is 92.7 Å². The van der Waals surface area contributed by atoms with Gasteiger partial charge in [-0.25, -0.2) is 9.97 Å². The van der Waals surface area contributed by atoms with Crippen LogP contribution in [0, 0.1) is 18.3 Å². The maximum absolute atomic E-state index is 11.9. The van der Waals surface area contributed by atoms with E-state index < -0.39 is 0 Å². The largest absolute Gasteiger partial charge is 0.383 e. The van der Waals surface area contributed by atoms with Crippen LogP contribution in [-0.4, -0.2) is 15.8 Å². The van der Waals surface area contributed by atoms with Gasteiger partial charge in [-0.2, -0.15) is 5.26 Å². The molecule has 0 saturated heterocycles. The number of halogens is 1. The van der Waals surface area contributed by atoms with Crippen molar-refractivity contribution in [3.63, 3.8) is 0 Å². The van der Waals surface area contributed by atoms with Crippen molar-refractivity contribution in [1.82, 2.24) is 9.97 Å². The third kappa shape index (κ3) is 2.78. The second-order valence-electron chi connectivity index (χ2n) is 6.18. The molecule has 0 fully saturated rings. The first-order valence-corrected chi connectivity index (χ1v) is 9.72. The van der Waals surface area contributed by atoms with Crippen molar-refractivity contribution in [1.29, 1.82) is 5.26 Å². The number of nitriles is 1. The van der Waals surface area contributed by atoms with E-state index in [0.717, 1.165) is 30.5 Å². The monoisotopic (exact) mass is 436 g/mol. The van der Waals surface area contributed by atoms with E-state index in [9.17, 15) is 10.1 Å². The van der Waals surface area contributed by atoms with Gasteiger partial charge in [0.25, 0.3) is 0 Å². The van der Waals surface area contributed by atoms with Gasteiger partial charge in [-0.05, 0) is 37.6 Å². The number of hydrogen-bond donors (Lipinski definition) is 1. The van der Waals surface area contributed by atoms with Gasteiger partial charge in [0.05, 0.1) is 10.2 Å². The molecule has 4 rings (SSSR count). The molecular formula is C20H13BrN4OS. The molecule has 0 saturated carbocycles. The lowest BCUT2D eigenvalue weighted by Crippen LogP contribution is -1.99. The first-order valence-electron chi connectivity index (χ1n) is 8.11. The van der Waals surface area contributed by atoms with Crippen LogP contribution in [0.2, 0.25) is 0 Å². The standard InChI is InChI=1S/C20H13BrN4OS/c1-9-13(10(2)26)7-14-17-18(27-20(14)24-9)16(15(8-22)19(23)25-17)11-3-5-12(21)6-4-11/h3-7H,1-2H3,(H2,23,25). The minimum absolute atomic E-state index is 0.0454. The Morgan fingerprint density at radius 2 is 1.96 bits per heavy atom. The van der Waals surface area contributed by atoms with Crippen LogP contribution in [0.5, 0.6) is 0 Å². The van der Waals surface area contributed by atoms with Crippen LogP contribution in [0.1, 0.15) is 28.5 Å². The van der Waals surface area contributed by atoms with Crippen LogP contribution in [0.4, 0.5) is 5.82 Å². The van der Waals surface area contributed by atoms with Crippen molar-refractivity contribution in [2.75, 3.05) is 5.73 Å². The molecule has 2 N–H and O–H groups in total. The van der Waals surface area contributed by atoms with Crippen LogP contribution in [0.3, 0.4) is 0 Å². The summed E-state index contributed by atoms with van der Waals surface area (Å²) < 4.78 is 1.79. The molecule has 7 heteroatoms. The molecule has 3 heterocycles. The maximum atomic E-state index is 11.9. The molecule has 0 amide bonds. The van der Waals surface area contributed by atoms with E-state index in [2.05, 4.69) is 32.0 Å². The molecule has 5 nitrogen and oxygen atoms in total. The van der Waals surface area contributed by atoms with Gasteiger partial charge in [0.15, 0.2) is 5.78 Å². The highest BCUT2D eigenvalue weighted by Crippen LogP contribution is 2.42. The van der Waals surface area contributed by atoms with Crippen LogP contribution in [0.25, 0.3) is 31.6 Å². The summed E-state index contributed by atoms with van der Waals surface area (Å²) in [6.45, 7) is 3.34. The number of nitrogen functional groups attached to an aromatic ring is 1. The molecule has 0 unspecified atom stereocenters. The number of anilines is 1. The highest BCUT2D eigenvalue weighted by molar-refractivity contribution is 9.10. The Balaban J connectivity index is 2.17. The van der Waals surface area contributed by atoms with Crippen LogP contribution in [-0.2, 0) is 0 Å². The van der Waals surface area contributed by atoms with Crippen LogP contribution in [0.15, 0.2) is 34.8 Å². The molecule has 0 aliphatic carbocycles. The summed E-state index contributed by atoms with van der Waals surface area (Å²) in [5, 5.41) is 10.5. The number of benzene rings is 1. The first-order chi connectivity index (χ1) is 12.9. The van der Waals surface area contributed by atoms with Crippen molar-refractivity contribution in [2.24, 2.45) is 0 Å². The Hall–Kier alpha value is -2.82. The molecule has 4 aromatic rings. The lowest BCUT2D eigenvalue weighted by molar-refractivity contribution is 0.101. The summed E-state index contributed by atoms with van der Waals surface area (Å²) in [5.74, 6) is 0.128. The fourth-order valence-corrected chi connectivity index (χ4v) is 4.64. The fraction of sp³-hybridized carbons (Fsp3) is 0.100. The predicted octanol–water partition coefficient (Wildman–Crippen LogP) is 5.24. The predicted molar refractivity (Wildman–Crippen MR) is 112 cm³/mol. The number of aryl methyl sites for hydroxylation is 1. The number of nitrogens with zero attached hydrogens (tertiary/aromatic N) is 3. The Labute approximate surface area is 167 Å². The molecular weight excluding hydrogens is 424 g/mol. The van der Waals surface area contributed by atoms with Crippen molar-refractivity contribution in [3.05, 3.63) is 51.6 Å². The van der Waals surface area contributed by atoms with Gasteiger partial charge in [-0.3, -0.25) is 4.79 Å². The average Bonchev–Trinajstić information content (AvgIpc) is 2.97. The summed E-state index contributed by atoms with van der Waals surface area (Å²) in [6.07, 6.45) is 0. The molecule has 0 bridgehead atoms. The zero-order valence-corrected chi connectivity index (χ0v) is 16.9. The lowest BCUT2D eigenvalue weighted by atomic mass is 10.00. The minimum Gasteiger partial charge on any atom is -0.383 e. The molecule has 0 radical (unpaired) electrons. The van der Waals surface area contributed by atoms with E-state index in [4.69, 9.17) is 5.73 Å². The third-order valence-corrected chi connectivity index (χ3v) is 6.07. The number of hydrogen-bond acceptors (Lipinski definition) is 6. The number of ketones is 1. The third-order valence-electron chi connectivity index (χ3n) is 4.44. The Bertz CT molecular complexity index is 1290. The molecule has 0 spiro atoms. The van der Waals surface area contributed by atoms with Crippen molar-refractivity contribution >= 4 is 59.3 Å². The second-order valence-corrected chi connectivity index (χ2v) is 8.09. The maximum Gasteiger partial charge on any atom is 0.161 e. The number of carbonyl (C=O) groups excluding carboxylic acids is 1. The van der Waals surface area contributed by atoms with Gasteiger partial charge in [0, 0.05) is 26.7 Å². The van der Waals surface area contributed by atoms with Gasteiger partial charge in [0.1, 0.15) is 22.3 Å². The quantitative estimate of drug-likeness (QED) is 0.433. The summed E-state index contributed by atoms with van der Waals surface area (Å²) in [4.78, 5) is 21.8. The van der Waals surface area contributed by atoms with E-state index in [1.807, 2.05) is 37.3 Å². The van der Waals surface area contributed by atoms with Crippen molar-refractivity contribution < 1.29 is 4.79 Å². The van der Waals surface area contributed by atoms with Gasteiger partial charge in [0.2, 0.25) is 0 Å². The number of carbonyl (C=O) groups is 1. The van der Waals surface area contributed by atoms with Gasteiger partial charge in [-0.1, -0.05) is 28.1 Å². The number of Topliss-reactive ketones (excluding diaryl/α,β-unsaturated/α-hetero) is 1. The Morgan fingerprint density at radius 3 is 2.59 bits per heavy atom.